The number of hydrogen-bond donors (Lipinski definition) is 2. The number of aromatic nitrogens is 1. The zero-order valence-corrected chi connectivity index (χ0v) is 11.4. The van der Waals surface area contributed by atoms with Crippen LogP contribution in [0, 0.1) is 0 Å². The first-order valence-corrected chi connectivity index (χ1v) is 6.46. The molecule has 5 nitrogen and oxygen atoms in total. The number of rotatable bonds is 3. The predicted molar refractivity (Wildman–Crippen MR) is 72.3 cm³/mol. The molecule has 0 unspecified atom stereocenters. The third-order valence-electron chi connectivity index (χ3n) is 2.94. The van der Waals surface area contributed by atoms with Gasteiger partial charge in [-0.2, -0.15) is 0 Å². The van der Waals surface area contributed by atoms with Crippen molar-refractivity contribution in [2.75, 3.05) is 18.5 Å². The minimum Gasteiger partial charge on any atom is -0.373 e. The number of halogens is 1. The molecule has 100 valence electrons. The molecule has 0 amide bonds. The summed E-state index contributed by atoms with van der Waals surface area (Å²) in [6, 6.07) is 3.57. The topological polar surface area (TPSA) is 63.4 Å². The van der Waals surface area contributed by atoms with Gasteiger partial charge in [0.25, 0.3) is 0 Å². The third kappa shape index (κ3) is 3.32. The highest BCUT2D eigenvalue weighted by Crippen LogP contribution is 2.20. The van der Waals surface area contributed by atoms with Gasteiger partial charge in [-0.15, -0.1) is 0 Å². The van der Waals surface area contributed by atoms with Gasteiger partial charge < -0.3 is 10.2 Å². The van der Waals surface area contributed by atoms with Crippen LogP contribution in [0.3, 0.4) is 0 Å². The highest BCUT2D eigenvalue weighted by molar-refractivity contribution is 6.31. The molecule has 1 aromatic rings. The number of ether oxygens (including phenoxy) is 1. The van der Waals surface area contributed by atoms with Crippen molar-refractivity contribution in [1.82, 2.24) is 9.88 Å². The van der Waals surface area contributed by atoms with Gasteiger partial charge in [-0.25, -0.2) is 10.8 Å². The highest BCUT2D eigenvalue weighted by atomic mass is 35.5. The quantitative estimate of drug-likeness (QED) is 0.646. The molecule has 2 atom stereocenters. The van der Waals surface area contributed by atoms with Crippen molar-refractivity contribution >= 4 is 17.4 Å². The van der Waals surface area contributed by atoms with E-state index in [4.69, 9.17) is 22.2 Å². The average molecular weight is 271 g/mol. The zero-order valence-electron chi connectivity index (χ0n) is 10.7. The van der Waals surface area contributed by atoms with Crippen molar-refractivity contribution in [2.24, 2.45) is 5.84 Å². The van der Waals surface area contributed by atoms with Crippen molar-refractivity contribution < 1.29 is 4.74 Å². The summed E-state index contributed by atoms with van der Waals surface area (Å²) in [4.78, 5) is 6.68. The number of hydrazine groups is 1. The molecule has 0 bridgehead atoms. The fraction of sp³-hybridized carbons (Fsp3) is 0.583. The second-order valence-electron chi connectivity index (χ2n) is 4.72. The summed E-state index contributed by atoms with van der Waals surface area (Å²) in [6.45, 7) is 6.66. The van der Waals surface area contributed by atoms with Gasteiger partial charge in [0.15, 0.2) is 0 Å². The lowest BCUT2D eigenvalue weighted by Crippen LogP contribution is -2.45. The summed E-state index contributed by atoms with van der Waals surface area (Å²) in [7, 11) is 0. The minimum absolute atomic E-state index is 0.239. The van der Waals surface area contributed by atoms with Gasteiger partial charge in [-0.1, -0.05) is 11.6 Å². The van der Waals surface area contributed by atoms with Crippen molar-refractivity contribution in [3.8, 4) is 0 Å². The molecular formula is C12H19ClN4O. The number of nitrogen functional groups attached to an aromatic ring is 1. The standard InChI is InChI=1S/C12H19ClN4O/c1-8-5-17(6-9(2)18-8)7-11-10(13)3-4-12(15-11)16-14/h3-4,8-9H,5-7,14H2,1-2H3,(H,15,16)/t8-,9+. The maximum Gasteiger partial charge on any atom is 0.140 e. The first-order valence-electron chi connectivity index (χ1n) is 6.08. The first kappa shape index (κ1) is 13.5. The van der Waals surface area contributed by atoms with Gasteiger partial charge >= 0.3 is 0 Å². The van der Waals surface area contributed by atoms with Crippen molar-refractivity contribution in [3.05, 3.63) is 22.8 Å². The molecule has 1 aliphatic rings. The van der Waals surface area contributed by atoms with E-state index in [1.54, 1.807) is 6.07 Å². The number of hydrogen-bond acceptors (Lipinski definition) is 5. The molecule has 0 radical (unpaired) electrons. The van der Waals surface area contributed by atoms with E-state index in [0.29, 0.717) is 17.4 Å². The number of nitrogens with zero attached hydrogens (tertiary/aromatic N) is 2. The number of pyridine rings is 1. The van der Waals surface area contributed by atoms with E-state index in [1.165, 1.54) is 0 Å². The van der Waals surface area contributed by atoms with E-state index in [0.717, 1.165) is 18.8 Å². The molecular weight excluding hydrogens is 252 g/mol. The predicted octanol–water partition coefficient (Wildman–Crippen LogP) is 1.63. The van der Waals surface area contributed by atoms with E-state index in [2.05, 4.69) is 29.2 Å². The Balaban J connectivity index is 2.08. The smallest absolute Gasteiger partial charge is 0.140 e. The molecule has 0 saturated carbocycles. The monoisotopic (exact) mass is 270 g/mol. The number of anilines is 1. The number of nitrogens with two attached hydrogens (primary N) is 1. The largest absolute Gasteiger partial charge is 0.373 e. The van der Waals surface area contributed by atoms with Crippen LogP contribution in [0.1, 0.15) is 19.5 Å². The first-order chi connectivity index (χ1) is 8.58. The molecule has 1 aromatic heterocycles. The summed E-state index contributed by atoms with van der Waals surface area (Å²) in [5.74, 6) is 5.99. The van der Waals surface area contributed by atoms with Gasteiger partial charge in [0.1, 0.15) is 5.82 Å². The van der Waals surface area contributed by atoms with Crippen LogP contribution in [0.5, 0.6) is 0 Å². The molecule has 0 aromatic carbocycles. The van der Waals surface area contributed by atoms with Gasteiger partial charge in [0.2, 0.25) is 0 Å². The third-order valence-corrected chi connectivity index (χ3v) is 3.28. The van der Waals surface area contributed by atoms with Crippen LogP contribution in [0.2, 0.25) is 5.02 Å². The molecule has 0 aliphatic carbocycles. The van der Waals surface area contributed by atoms with Crippen LogP contribution < -0.4 is 11.3 Å². The average Bonchev–Trinajstić information content (AvgIpc) is 2.30. The molecule has 0 spiro atoms. The molecule has 3 N–H and O–H groups in total. The summed E-state index contributed by atoms with van der Waals surface area (Å²) < 4.78 is 5.70. The summed E-state index contributed by atoms with van der Waals surface area (Å²) >= 11 is 6.16. The van der Waals surface area contributed by atoms with Gasteiger partial charge in [-0.05, 0) is 26.0 Å². The van der Waals surface area contributed by atoms with Crippen LogP contribution in [0.15, 0.2) is 12.1 Å². The molecule has 1 fully saturated rings. The SMILES string of the molecule is C[C@@H]1CN(Cc2nc(NN)ccc2Cl)C[C@H](C)O1. The maximum absolute atomic E-state index is 6.16. The number of nitrogens with one attached hydrogen (secondary N) is 1. The maximum atomic E-state index is 6.16. The Labute approximate surface area is 112 Å². The Morgan fingerprint density at radius 1 is 1.44 bits per heavy atom. The lowest BCUT2D eigenvalue weighted by atomic mass is 10.2. The van der Waals surface area contributed by atoms with Crippen LogP contribution in [0.4, 0.5) is 5.82 Å². The molecule has 6 heteroatoms. The lowest BCUT2D eigenvalue weighted by molar-refractivity contribution is -0.0707. The van der Waals surface area contributed by atoms with Crippen LogP contribution in [0.25, 0.3) is 0 Å². The van der Waals surface area contributed by atoms with Crippen LogP contribution in [-0.2, 0) is 11.3 Å². The fourth-order valence-electron chi connectivity index (χ4n) is 2.30. The Kier molecular flexibility index (Phi) is 4.40. The number of morpholine rings is 1. The Hall–Kier alpha value is -0.880. The molecule has 18 heavy (non-hydrogen) atoms. The van der Waals surface area contributed by atoms with Crippen molar-refractivity contribution in [2.45, 2.75) is 32.6 Å². The van der Waals surface area contributed by atoms with E-state index >= 15 is 0 Å². The summed E-state index contributed by atoms with van der Waals surface area (Å²) in [5, 5.41) is 0.667. The highest BCUT2D eigenvalue weighted by Gasteiger charge is 2.23. The van der Waals surface area contributed by atoms with Gasteiger partial charge in [0.05, 0.1) is 22.9 Å². The van der Waals surface area contributed by atoms with E-state index in [-0.39, 0.29) is 12.2 Å². The molecule has 2 rings (SSSR count). The molecule has 1 saturated heterocycles. The van der Waals surface area contributed by atoms with Gasteiger partial charge in [0, 0.05) is 19.6 Å². The Morgan fingerprint density at radius 2 is 2.11 bits per heavy atom. The molecule has 2 heterocycles. The van der Waals surface area contributed by atoms with E-state index in [9.17, 15) is 0 Å². The van der Waals surface area contributed by atoms with Crippen molar-refractivity contribution in [3.63, 3.8) is 0 Å². The summed E-state index contributed by atoms with van der Waals surface area (Å²) in [6.07, 6.45) is 0.478. The Bertz CT molecular complexity index is 405. The zero-order chi connectivity index (χ0) is 13.1. The molecule has 1 aliphatic heterocycles. The minimum atomic E-state index is 0.239. The summed E-state index contributed by atoms with van der Waals surface area (Å²) in [5.41, 5.74) is 3.38. The van der Waals surface area contributed by atoms with Crippen LogP contribution >= 0.6 is 11.6 Å². The second-order valence-corrected chi connectivity index (χ2v) is 5.13. The second kappa shape index (κ2) is 5.84. The van der Waals surface area contributed by atoms with Crippen LogP contribution in [-0.4, -0.2) is 35.2 Å². The fourth-order valence-corrected chi connectivity index (χ4v) is 2.47. The van der Waals surface area contributed by atoms with E-state index in [1.807, 2.05) is 6.07 Å². The van der Waals surface area contributed by atoms with Gasteiger partial charge in [-0.3, -0.25) is 4.90 Å². The van der Waals surface area contributed by atoms with E-state index < -0.39 is 0 Å². The normalized spacial score (nSPS) is 25.1. The Morgan fingerprint density at radius 3 is 2.72 bits per heavy atom. The lowest BCUT2D eigenvalue weighted by Gasteiger charge is -2.35. The van der Waals surface area contributed by atoms with Crippen molar-refractivity contribution in [1.29, 1.82) is 0 Å².